The average molecular weight is 409 g/mol. The molecule has 0 N–H and O–H groups in total. The van der Waals surface area contributed by atoms with Crippen molar-refractivity contribution < 1.29 is 0 Å². The molecular formula is C28H37Cl. The molecule has 156 valence electrons. The number of benzene rings is 2. The van der Waals surface area contributed by atoms with E-state index in [1.165, 1.54) is 80.9 Å². The molecule has 2 aromatic carbocycles. The Labute approximate surface area is 183 Å². The summed E-state index contributed by atoms with van der Waals surface area (Å²) in [6.07, 6.45) is 14.6. The van der Waals surface area contributed by atoms with Gasteiger partial charge in [0.25, 0.3) is 0 Å². The van der Waals surface area contributed by atoms with E-state index in [0.29, 0.717) is 5.88 Å². The molecule has 0 nitrogen and oxygen atoms in total. The zero-order valence-corrected chi connectivity index (χ0v) is 18.8. The molecule has 0 bridgehead atoms. The first-order valence-electron chi connectivity index (χ1n) is 12.0. The van der Waals surface area contributed by atoms with E-state index in [2.05, 4.69) is 55.5 Å². The van der Waals surface area contributed by atoms with Gasteiger partial charge in [0, 0.05) is 5.88 Å². The lowest BCUT2D eigenvalue weighted by atomic mass is 9.68. The maximum atomic E-state index is 5.91. The summed E-state index contributed by atoms with van der Waals surface area (Å²) in [4.78, 5) is 0. The Balaban J connectivity index is 1.29. The summed E-state index contributed by atoms with van der Waals surface area (Å²) in [6, 6.07) is 18.0. The molecular weight excluding hydrogens is 372 g/mol. The Morgan fingerprint density at radius 2 is 1.21 bits per heavy atom. The van der Waals surface area contributed by atoms with E-state index in [1.807, 2.05) is 0 Å². The van der Waals surface area contributed by atoms with Crippen molar-refractivity contribution in [2.45, 2.75) is 82.9 Å². The van der Waals surface area contributed by atoms with Crippen LogP contribution in [-0.4, -0.2) is 0 Å². The summed E-state index contributed by atoms with van der Waals surface area (Å²) < 4.78 is 0. The van der Waals surface area contributed by atoms with Crippen molar-refractivity contribution in [2.75, 3.05) is 0 Å². The van der Waals surface area contributed by atoms with Crippen LogP contribution in [0.3, 0.4) is 0 Å². The van der Waals surface area contributed by atoms with Crippen LogP contribution in [0.4, 0.5) is 0 Å². The van der Waals surface area contributed by atoms with Crippen LogP contribution < -0.4 is 0 Å². The van der Waals surface area contributed by atoms with Crippen molar-refractivity contribution >= 4 is 11.6 Å². The second-order valence-corrected chi connectivity index (χ2v) is 9.90. The molecule has 0 aliphatic heterocycles. The van der Waals surface area contributed by atoms with Crippen molar-refractivity contribution in [2.24, 2.45) is 17.8 Å². The van der Waals surface area contributed by atoms with Gasteiger partial charge in [0.2, 0.25) is 0 Å². The van der Waals surface area contributed by atoms with Gasteiger partial charge in [0.05, 0.1) is 0 Å². The highest BCUT2D eigenvalue weighted by atomic mass is 35.5. The standard InChI is InChI=1S/C28H37Cl/c1-2-3-21-4-8-23(9-5-21)25-12-16-27(17-13-25)28-18-14-26(15-19-28)24-10-6-22(20-29)7-11-24/h6-7,10-11,14-15,18-19,21,23,25,27H,2-5,8-9,12-13,16-17,20H2,1H3/t21-,23-,25-,27-. The smallest absolute Gasteiger partial charge is 0.0474 e. The summed E-state index contributed by atoms with van der Waals surface area (Å²) in [6.45, 7) is 2.34. The normalized spacial score (nSPS) is 27.7. The second-order valence-electron chi connectivity index (χ2n) is 9.63. The first-order valence-corrected chi connectivity index (χ1v) is 12.6. The molecule has 0 unspecified atom stereocenters. The summed E-state index contributed by atoms with van der Waals surface area (Å²) >= 11 is 5.91. The van der Waals surface area contributed by atoms with Crippen LogP contribution in [0.2, 0.25) is 0 Å². The lowest BCUT2D eigenvalue weighted by molar-refractivity contribution is 0.156. The van der Waals surface area contributed by atoms with E-state index in [-0.39, 0.29) is 0 Å². The molecule has 2 aromatic rings. The molecule has 4 rings (SSSR count). The third-order valence-corrected chi connectivity index (χ3v) is 8.16. The predicted octanol–water partition coefficient (Wildman–Crippen LogP) is 8.97. The van der Waals surface area contributed by atoms with Crippen LogP contribution in [0.15, 0.2) is 48.5 Å². The van der Waals surface area contributed by atoms with Gasteiger partial charge < -0.3 is 0 Å². The summed E-state index contributed by atoms with van der Waals surface area (Å²) in [7, 11) is 0. The van der Waals surface area contributed by atoms with Crippen molar-refractivity contribution in [1.82, 2.24) is 0 Å². The molecule has 0 aromatic heterocycles. The first-order chi connectivity index (χ1) is 14.3. The molecule has 2 aliphatic rings. The number of alkyl halides is 1. The minimum Gasteiger partial charge on any atom is -0.122 e. The number of halogens is 1. The number of hydrogen-bond acceptors (Lipinski definition) is 0. The molecule has 0 heterocycles. The van der Waals surface area contributed by atoms with Gasteiger partial charge in [-0.1, -0.05) is 81.1 Å². The van der Waals surface area contributed by atoms with Gasteiger partial charge in [-0.05, 0) is 84.5 Å². The Morgan fingerprint density at radius 1 is 0.690 bits per heavy atom. The lowest BCUT2D eigenvalue weighted by Gasteiger charge is -2.38. The highest BCUT2D eigenvalue weighted by Crippen LogP contribution is 2.44. The van der Waals surface area contributed by atoms with Crippen LogP contribution in [-0.2, 0) is 5.88 Å². The van der Waals surface area contributed by atoms with Crippen LogP contribution in [0.25, 0.3) is 11.1 Å². The third kappa shape index (κ3) is 5.26. The predicted molar refractivity (Wildman–Crippen MR) is 126 cm³/mol. The Kier molecular flexibility index (Phi) is 7.35. The van der Waals surface area contributed by atoms with E-state index in [0.717, 1.165) is 23.7 Å². The summed E-state index contributed by atoms with van der Waals surface area (Å²) in [5.74, 6) is 4.44. The molecule has 2 fully saturated rings. The Hall–Kier alpha value is -1.27. The van der Waals surface area contributed by atoms with Gasteiger partial charge >= 0.3 is 0 Å². The van der Waals surface area contributed by atoms with Crippen molar-refractivity contribution in [3.05, 3.63) is 59.7 Å². The van der Waals surface area contributed by atoms with E-state index < -0.39 is 0 Å². The van der Waals surface area contributed by atoms with Gasteiger partial charge in [-0.2, -0.15) is 0 Å². The molecule has 1 heteroatoms. The molecule has 0 radical (unpaired) electrons. The first kappa shape index (κ1) is 21.0. The van der Waals surface area contributed by atoms with Gasteiger partial charge in [0.15, 0.2) is 0 Å². The quantitative estimate of drug-likeness (QED) is 0.418. The van der Waals surface area contributed by atoms with Crippen LogP contribution in [0, 0.1) is 17.8 Å². The number of rotatable bonds is 6. The molecule has 2 aliphatic carbocycles. The zero-order chi connectivity index (χ0) is 20.1. The van der Waals surface area contributed by atoms with Gasteiger partial charge in [-0.15, -0.1) is 11.6 Å². The van der Waals surface area contributed by atoms with E-state index in [4.69, 9.17) is 11.6 Å². The maximum Gasteiger partial charge on any atom is 0.0474 e. The van der Waals surface area contributed by atoms with Crippen LogP contribution in [0.1, 0.15) is 88.2 Å². The largest absolute Gasteiger partial charge is 0.122 e. The van der Waals surface area contributed by atoms with E-state index >= 15 is 0 Å². The van der Waals surface area contributed by atoms with Crippen molar-refractivity contribution in [3.8, 4) is 11.1 Å². The monoisotopic (exact) mass is 408 g/mol. The SMILES string of the molecule is CCC[C@H]1CC[C@H]([C@H]2CC[C@H](c3ccc(-c4ccc(CCl)cc4)cc3)CC2)CC1. The second kappa shape index (κ2) is 10.2. The fraction of sp³-hybridized carbons (Fsp3) is 0.571. The van der Waals surface area contributed by atoms with E-state index in [9.17, 15) is 0 Å². The topological polar surface area (TPSA) is 0 Å². The fourth-order valence-corrected chi connectivity index (χ4v) is 6.19. The molecule has 0 atom stereocenters. The van der Waals surface area contributed by atoms with Gasteiger partial charge in [0.1, 0.15) is 0 Å². The van der Waals surface area contributed by atoms with Crippen molar-refractivity contribution in [3.63, 3.8) is 0 Å². The molecule has 0 spiro atoms. The molecule has 0 saturated heterocycles. The third-order valence-electron chi connectivity index (χ3n) is 7.85. The highest BCUT2D eigenvalue weighted by molar-refractivity contribution is 6.17. The summed E-state index contributed by atoms with van der Waals surface area (Å²) in [5, 5.41) is 0. The van der Waals surface area contributed by atoms with Gasteiger partial charge in [-0.3, -0.25) is 0 Å². The minimum atomic E-state index is 0.585. The molecule has 29 heavy (non-hydrogen) atoms. The van der Waals surface area contributed by atoms with Crippen LogP contribution in [0.5, 0.6) is 0 Å². The molecule has 2 saturated carbocycles. The minimum absolute atomic E-state index is 0.585. The number of hydrogen-bond donors (Lipinski definition) is 0. The Bertz CT molecular complexity index is 729. The Morgan fingerprint density at radius 3 is 1.72 bits per heavy atom. The van der Waals surface area contributed by atoms with Gasteiger partial charge in [-0.25, -0.2) is 0 Å². The summed E-state index contributed by atoms with van der Waals surface area (Å²) in [5.41, 5.74) is 5.33. The maximum absolute atomic E-state index is 5.91. The highest BCUT2D eigenvalue weighted by Gasteiger charge is 2.31. The fourth-order valence-electron chi connectivity index (χ4n) is 6.01. The molecule has 0 amide bonds. The van der Waals surface area contributed by atoms with Crippen LogP contribution >= 0.6 is 11.6 Å². The van der Waals surface area contributed by atoms with E-state index in [1.54, 1.807) is 5.56 Å². The average Bonchev–Trinajstić information content (AvgIpc) is 2.80. The zero-order valence-electron chi connectivity index (χ0n) is 18.1. The van der Waals surface area contributed by atoms with Crippen molar-refractivity contribution in [1.29, 1.82) is 0 Å². The lowest BCUT2D eigenvalue weighted by Crippen LogP contribution is -2.25.